The smallest absolute Gasteiger partial charge is 0.412 e. The number of carbonyl (C=O) groups is 1. The summed E-state index contributed by atoms with van der Waals surface area (Å²) in [6.45, 7) is 2.79. The number of hydrogen-bond acceptors (Lipinski definition) is 6. The van der Waals surface area contributed by atoms with Gasteiger partial charge in [0.25, 0.3) is 0 Å². The van der Waals surface area contributed by atoms with Crippen LogP contribution in [0.5, 0.6) is 0 Å². The first-order valence-corrected chi connectivity index (χ1v) is 6.54. The zero-order valence-electron chi connectivity index (χ0n) is 9.92. The third kappa shape index (κ3) is 1.70. The van der Waals surface area contributed by atoms with Gasteiger partial charge in [0.15, 0.2) is 4.99 Å². The number of carbonyl (C=O) groups excluding carboxylic acids is 1. The molecule has 2 atom stereocenters. The zero-order valence-corrected chi connectivity index (χ0v) is 10.7. The van der Waals surface area contributed by atoms with Gasteiger partial charge >= 0.3 is 6.09 Å². The molecule has 1 amide bonds. The van der Waals surface area contributed by atoms with E-state index in [0.29, 0.717) is 13.1 Å². The van der Waals surface area contributed by atoms with Crippen molar-refractivity contribution in [3.63, 3.8) is 0 Å². The number of cyclic esters (lactones) is 1. The fourth-order valence-electron chi connectivity index (χ4n) is 2.15. The Labute approximate surface area is 109 Å². The molecule has 0 bridgehead atoms. The number of thioether (sulfide) groups is 1. The predicted octanol–water partition coefficient (Wildman–Crippen LogP) is 1.05. The van der Waals surface area contributed by atoms with Crippen LogP contribution in [0.3, 0.4) is 0 Å². The van der Waals surface area contributed by atoms with Gasteiger partial charge in [0.2, 0.25) is 0 Å². The van der Waals surface area contributed by atoms with Crippen LogP contribution in [0.15, 0.2) is 23.4 Å². The highest BCUT2D eigenvalue weighted by Gasteiger charge is 2.47. The minimum absolute atomic E-state index is 0.228. The molecule has 0 aliphatic carbocycles. The zero-order chi connectivity index (χ0) is 12.8. The van der Waals surface area contributed by atoms with E-state index in [0.717, 1.165) is 10.7 Å². The van der Waals surface area contributed by atoms with Gasteiger partial charge in [-0.05, 0) is 19.1 Å². The number of rotatable bonds is 2. The summed E-state index contributed by atoms with van der Waals surface area (Å²) in [6, 6.07) is 3.81. The van der Waals surface area contributed by atoms with E-state index in [-0.39, 0.29) is 12.2 Å². The molecule has 1 saturated heterocycles. The van der Waals surface area contributed by atoms with E-state index in [1.54, 1.807) is 11.1 Å². The summed E-state index contributed by atoms with van der Waals surface area (Å²) in [5.41, 5.74) is 6.48. The average Bonchev–Trinajstić information content (AvgIpc) is 2.89. The number of pyridine rings is 1. The Kier molecular flexibility index (Phi) is 2.60. The van der Waals surface area contributed by atoms with E-state index in [1.807, 2.05) is 19.1 Å². The first-order valence-electron chi connectivity index (χ1n) is 5.73. The van der Waals surface area contributed by atoms with E-state index in [1.165, 1.54) is 11.8 Å². The molecule has 0 aromatic carbocycles. The van der Waals surface area contributed by atoms with Crippen LogP contribution >= 0.6 is 11.8 Å². The monoisotopic (exact) mass is 266 g/mol. The second-order valence-electron chi connectivity index (χ2n) is 4.42. The first kappa shape index (κ1) is 11.6. The Morgan fingerprint density at radius 2 is 2.61 bits per heavy atom. The van der Waals surface area contributed by atoms with E-state index in [4.69, 9.17) is 10.5 Å². The Bertz CT molecular complexity index is 471. The molecule has 1 fully saturated rings. The molecule has 1 aromatic rings. The molecule has 1 aromatic heterocycles. The Balaban J connectivity index is 1.84. The molecule has 7 heteroatoms. The van der Waals surface area contributed by atoms with Crippen molar-refractivity contribution in [3.05, 3.63) is 18.3 Å². The molecular weight excluding hydrogens is 252 g/mol. The molecule has 0 spiro atoms. The van der Waals surface area contributed by atoms with Gasteiger partial charge in [-0.1, -0.05) is 11.8 Å². The van der Waals surface area contributed by atoms with Gasteiger partial charge in [0, 0.05) is 12.7 Å². The van der Waals surface area contributed by atoms with Crippen LogP contribution in [0.4, 0.5) is 10.5 Å². The average molecular weight is 266 g/mol. The molecule has 2 aliphatic heterocycles. The van der Waals surface area contributed by atoms with Crippen molar-refractivity contribution in [2.45, 2.75) is 23.0 Å². The number of nitrogens with two attached hydrogens (primary N) is 1. The number of nitrogens with one attached hydrogen (secondary N) is 1. The van der Waals surface area contributed by atoms with E-state index >= 15 is 0 Å². The molecule has 1 unspecified atom stereocenters. The third-order valence-electron chi connectivity index (χ3n) is 3.09. The molecule has 3 heterocycles. The summed E-state index contributed by atoms with van der Waals surface area (Å²) < 4.78 is 5.19. The van der Waals surface area contributed by atoms with Crippen molar-refractivity contribution < 1.29 is 9.53 Å². The Hall–Kier alpha value is -1.47. The molecule has 0 radical (unpaired) electrons. The normalized spacial score (nSPS) is 30.0. The quantitative estimate of drug-likeness (QED) is 0.833. The van der Waals surface area contributed by atoms with Crippen LogP contribution < -0.4 is 11.1 Å². The fourth-order valence-corrected chi connectivity index (χ4v) is 3.29. The number of amides is 1. The van der Waals surface area contributed by atoms with Gasteiger partial charge in [-0.2, -0.15) is 0 Å². The van der Waals surface area contributed by atoms with Crippen molar-refractivity contribution >= 4 is 23.5 Å². The van der Waals surface area contributed by atoms with E-state index < -0.39 is 4.99 Å². The number of hydrogen-bond donors (Lipinski definition) is 2. The number of aromatic nitrogens is 1. The Morgan fingerprint density at radius 1 is 1.78 bits per heavy atom. The Morgan fingerprint density at radius 3 is 3.28 bits per heavy atom. The predicted molar refractivity (Wildman–Crippen MR) is 68.2 cm³/mol. The molecule has 2 aliphatic rings. The maximum absolute atomic E-state index is 11.9. The summed E-state index contributed by atoms with van der Waals surface area (Å²) >= 11 is 1.51. The van der Waals surface area contributed by atoms with Crippen LogP contribution in [0.2, 0.25) is 0 Å². The number of anilines is 1. The molecule has 6 nitrogen and oxygen atoms in total. The lowest BCUT2D eigenvalue weighted by Crippen LogP contribution is -2.48. The molecule has 96 valence electrons. The summed E-state index contributed by atoms with van der Waals surface area (Å²) in [5.74, 6) is 0. The van der Waals surface area contributed by atoms with Crippen LogP contribution in [-0.2, 0) is 4.74 Å². The van der Waals surface area contributed by atoms with Crippen LogP contribution in [-0.4, -0.2) is 40.2 Å². The SMILES string of the molecule is CC1(N2C[C@H](CN)OC2=O)Nc2cccnc2S1. The van der Waals surface area contributed by atoms with Crippen molar-refractivity contribution in [2.75, 3.05) is 18.4 Å². The van der Waals surface area contributed by atoms with E-state index in [9.17, 15) is 4.79 Å². The van der Waals surface area contributed by atoms with Gasteiger partial charge in [0.05, 0.1) is 12.2 Å². The summed E-state index contributed by atoms with van der Waals surface area (Å²) in [6.07, 6.45) is 1.18. The lowest BCUT2D eigenvalue weighted by molar-refractivity contribution is 0.130. The first-order chi connectivity index (χ1) is 8.62. The molecular formula is C11H14N4O2S. The summed E-state index contributed by atoms with van der Waals surface area (Å²) in [7, 11) is 0. The highest BCUT2D eigenvalue weighted by molar-refractivity contribution is 8.01. The van der Waals surface area contributed by atoms with Crippen molar-refractivity contribution in [1.29, 1.82) is 0 Å². The number of ether oxygens (including phenoxy) is 1. The van der Waals surface area contributed by atoms with Gasteiger partial charge < -0.3 is 15.8 Å². The highest BCUT2D eigenvalue weighted by atomic mass is 32.2. The van der Waals surface area contributed by atoms with Crippen molar-refractivity contribution in [2.24, 2.45) is 5.73 Å². The third-order valence-corrected chi connectivity index (χ3v) is 4.32. The lowest BCUT2D eigenvalue weighted by atomic mass is 10.3. The lowest BCUT2D eigenvalue weighted by Gasteiger charge is -2.32. The van der Waals surface area contributed by atoms with Crippen LogP contribution in [0, 0.1) is 0 Å². The van der Waals surface area contributed by atoms with Gasteiger partial charge in [-0.25, -0.2) is 9.78 Å². The number of nitrogens with zero attached hydrogens (tertiary/aromatic N) is 2. The largest absolute Gasteiger partial charge is 0.443 e. The van der Waals surface area contributed by atoms with Crippen molar-refractivity contribution in [1.82, 2.24) is 9.88 Å². The maximum Gasteiger partial charge on any atom is 0.412 e. The van der Waals surface area contributed by atoms with Crippen LogP contribution in [0.1, 0.15) is 6.92 Å². The van der Waals surface area contributed by atoms with E-state index in [2.05, 4.69) is 10.3 Å². The second-order valence-corrected chi connectivity index (χ2v) is 5.80. The van der Waals surface area contributed by atoms with Gasteiger partial charge in [0.1, 0.15) is 11.1 Å². The summed E-state index contributed by atoms with van der Waals surface area (Å²) in [4.78, 5) is 17.3. The molecule has 18 heavy (non-hydrogen) atoms. The number of fused-ring (bicyclic) bond motifs is 1. The highest BCUT2D eigenvalue weighted by Crippen LogP contribution is 2.46. The topological polar surface area (TPSA) is 80.5 Å². The fraction of sp³-hybridized carbons (Fsp3) is 0.455. The molecule has 3 N–H and O–H groups in total. The summed E-state index contributed by atoms with van der Waals surface area (Å²) in [5, 5.41) is 4.21. The maximum atomic E-state index is 11.9. The molecule has 0 saturated carbocycles. The van der Waals surface area contributed by atoms with Gasteiger partial charge in [-0.15, -0.1) is 0 Å². The van der Waals surface area contributed by atoms with Gasteiger partial charge in [-0.3, -0.25) is 4.90 Å². The van der Waals surface area contributed by atoms with Crippen LogP contribution in [0.25, 0.3) is 0 Å². The molecule has 3 rings (SSSR count). The minimum atomic E-state index is -0.558. The van der Waals surface area contributed by atoms with Crippen molar-refractivity contribution in [3.8, 4) is 0 Å². The standard InChI is InChI=1S/C11H14N4O2S/c1-11(15-6-7(5-12)17-10(15)16)14-8-3-2-4-13-9(8)18-11/h2-4,7,14H,5-6,12H2,1H3/t7-,11?/m0/s1. The second kappa shape index (κ2) is 4.03. The minimum Gasteiger partial charge on any atom is -0.443 e.